The molecule has 0 saturated carbocycles. The molecule has 0 aromatic heterocycles. The van der Waals surface area contributed by atoms with Crippen LogP contribution in [0.15, 0.2) is 0 Å². The highest BCUT2D eigenvalue weighted by Gasteiger charge is 2.23. The number of esters is 1. The number of hydrogen-bond acceptors (Lipinski definition) is 3. The third-order valence-corrected chi connectivity index (χ3v) is 1.74. The van der Waals surface area contributed by atoms with Crippen LogP contribution in [0.25, 0.3) is 0 Å². The molecule has 0 rings (SSSR count). The topological polar surface area (TPSA) is 63.6 Å². The highest BCUT2D eigenvalue weighted by molar-refractivity contribution is 5.71. The molecular weight excluding hydrogens is 278 g/mol. The lowest BCUT2D eigenvalue weighted by molar-refractivity contribution is -0.873. The first-order valence-corrected chi connectivity index (χ1v) is 4.96. The molecule has 1 unspecified atom stereocenters. The molecule has 16 heavy (non-hydrogen) atoms. The van der Waals surface area contributed by atoms with Crippen LogP contribution in [0.5, 0.6) is 0 Å². The third kappa shape index (κ3) is 9.92. The van der Waals surface area contributed by atoms with Gasteiger partial charge in [0.15, 0.2) is 6.10 Å². The van der Waals surface area contributed by atoms with E-state index in [2.05, 4.69) is 0 Å². The van der Waals surface area contributed by atoms with Crippen LogP contribution in [0, 0.1) is 0 Å². The summed E-state index contributed by atoms with van der Waals surface area (Å²) >= 11 is 0. The monoisotopic (exact) mass is 297 g/mol. The van der Waals surface area contributed by atoms with E-state index in [9.17, 15) is 9.59 Å². The summed E-state index contributed by atoms with van der Waals surface area (Å²) in [5.41, 5.74) is 0. The summed E-state index contributed by atoms with van der Waals surface area (Å²) in [6, 6.07) is 0. The van der Waals surface area contributed by atoms with E-state index in [1.807, 2.05) is 21.1 Å². The van der Waals surface area contributed by atoms with Gasteiger partial charge in [-0.05, 0) is 0 Å². The number of nitrogens with zero attached hydrogens (tertiary/aromatic N) is 1. The molecule has 0 saturated heterocycles. The second-order valence-electron chi connectivity index (χ2n) is 4.54. The van der Waals surface area contributed by atoms with E-state index in [4.69, 9.17) is 9.84 Å². The van der Waals surface area contributed by atoms with Gasteiger partial charge in [-0.1, -0.05) is 6.92 Å². The van der Waals surface area contributed by atoms with Gasteiger partial charge in [0.1, 0.15) is 6.54 Å². The van der Waals surface area contributed by atoms with E-state index in [-0.39, 0.29) is 35.8 Å². The van der Waals surface area contributed by atoms with E-state index in [0.717, 1.165) is 0 Å². The summed E-state index contributed by atoms with van der Waals surface area (Å²) in [5.74, 6) is -1.30. The van der Waals surface area contributed by atoms with E-state index in [1.165, 1.54) is 0 Å². The van der Waals surface area contributed by atoms with Crippen molar-refractivity contribution in [3.8, 4) is 0 Å². The number of carbonyl (C=O) groups excluding carboxylic acids is 1. The Morgan fingerprint density at radius 1 is 1.31 bits per heavy atom. The maximum atomic E-state index is 11.1. The Kier molecular flexibility index (Phi) is 8.46. The zero-order valence-electron chi connectivity index (χ0n) is 10.2. The van der Waals surface area contributed by atoms with Gasteiger partial charge in [-0.2, -0.15) is 0 Å². The Balaban J connectivity index is 0. The smallest absolute Gasteiger partial charge is 0.307 e. The van der Waals surface area contributed by atoms with E-state index in [0.29, 0.717) is 11.0 Å². The number of quaternary nitrogens is 1. The van der Waals surface area contributed by atoms with Gasteiger partial charge in [0.2, 0.25) is 0 Å². The summed E-state index contributed by atoms with van der Waals surface area (Å²) in [7, 11) is 5.78. The van der Waals surface area contributed by atoms with Crippen LogP contribution in [0.4, 0.5) is 0 Å². The van der Waals surface area contributed by atoms with Crippen LogP contribution in [0.3, 0.4) is 0 Å². The number of hydrogen-bond donors (Lipinski definition) is 1. The molecule has 0 aliphatic carbocycles. The Bertz CT molecular complexity index is 237. The minimum absolute atomic E-state index is 0. The van der Waals surface area contributed by atoms with Gasteiger partial charge in [0, 0.05) is 6.42 Å². The molecular formula is C10H20BrNO4. The Morgan fingerprint density at radius 2 is 1.81 bits per heavy atom. The van der Waals surface area contributed by atoms with Crippen LogP contribution >= 0.6 is 0 Å². The van der Waals surface area contributed by atoms with E-state index in [1.54, 1.807) is 6.92 Å². The average molecular weight is 298 g/mol. The normalized spacial score (nSPS) is 12.5. The Hall–Kier alpha value is -0.620. The fraction of sp³-hybridized carbons (Fsp3) is 0.800. The van der Waals surface area contributed by atoms with Gasteiger partial charge in [-0.3, -0.25) is 9.59 Å². The molecule has 5 nitrogen and oxygen atoms in total. The molecule has 6 heteroatoms. The first kappa shape index (κ1) is 17.8. The van der Waals surface area contributed by atoms with Crippen molar-refractivity contribution in [3.63, 3.8) is 0 Å². The van der Waals surface area contributed by atoms with Crippen LogP contribution in [-0.2, 0) is 14.3 Å². The Morgan fingerprint density at radius 3 is 2.12 bits per heavy atom. The number of carboxylic acid groups (broad SMARTS) is 1. The highest BCUT2D eigenvalue weighted by atomic mass is 79.9. The molecule has 1 N–H and O–H groups in total. The van der Waals surface area contributed by atoms with Gasteiger partial charge in [0.25, 0.3) is 0 Å². The number of likely N-dealkylation sites (N-methyl/N-ethyl adjacent to an activating group) is 1. The number of halogens is 1. The zero-order valence-corrected chi connectivity index (χ0v) is 11.8. The molecule has 1 atom stereocenters. The summed E-state index contributed by atoms with van der Waals surface area (Å²) in [6.45, 7) is 2.18. The first-order chi connectivity index (χ1) is 6.74. The summed E-state index contributed by atoms with van der Waals surface area (Å²) < 4.78 is 5.62. The van der Waals surface area contributed by atoms with Crippen LogP contribution in [0.2, 0.25) is 0 Å². The van der Waals surface area contributed by atoms with Gasteiger partial charge >= 0.3 is 11.9 Å². The minimum atomic E-state index is -0.947. The summed E-state index contributed by atoms with van der Waals surface area (Å²) in [5, 5.41) is 8.67. The largest absolute Gasteiger partial charge is 1.00 e. The summed E-state index contributed by atoms with van der Waals surface area (Å²) in [4.78, 5) is 21.6. The van der Waals surface area contributed by atoms with Crippen molar-refractivity contribution in [2.24, 2.45) is 0 Å². The van der Waals surface area contributed by atoms with E-state index >= 15 is 0 Å². The quantitative estimate of drug-likeness (QED) is 0.435. The Labute approximate surface area is 107 Å². The second kappa shape index (κ2) is 7.62. The molecule has 0 aliphatic heterocycles. The second-order valence-corrected chi connectivity index (χ2v) is 4.54. The van der Waals surface area contributed by atoms with Gasteiger partial charge < -0.3 is 31.3 Å². The molecule has 0 bridgehead atoms. The van der Waals surface area contributed by atoms with E-state index < -0.39 is 12.1 Å². The molecule has 96 valence electrons. The van der Waals surface area contributed by atoms with Crippen LogP contribution in [0.1, 0.15) is 19.8 Å². The van der Waals surface area contributed by atoms with Gasteiger partial charge in [-0.15, -0.1) is 0 Å². The van der Waals surface area contributed by atoms with Crippen LogP contribution in [-0.4, -0.2) is 55.3 Å². The molecule has 0 aliphatic rings. The van der Waals surface area contributed by atoms with Crippen molar-refractivity contribution >= 4 is 11.9 Å². The third-order valence-electron chi connectivity index (χ3n) is 1.74. The van der Waals surface area contributed by atoms with Gasteiger partial charge in [-0.25, -0.2) is 0 Å². The fourth-order valence-electron chi connectivity index (χ4n) is 1.22. The molecule has 0 spiro atoms. The van der Waals surface area contributed by atoms with Crippen molar-refractivity contribution in [1.29, 1.82) is 0 Å². The van der Waals surface area contributed by atoms with Crippen molar-refractivity contribution in [1.82, 2.24) is 0 Å². The van der Waals surface area contributed by atoms with Crippen molar-refractivity contribution in [2.45, 2.75) is 25.9 Å². The maximum absolute atomic E-state index is 11.1. The predicted molar refractivity (Wildman–Crippen MR) is 55.3 cm³/mol. The minimum Gasteiger partial charge on any atom is -1.00 e. The average Bonchev–Trinajstić information content (AvgIpc) is 1.99. The van der Waals surface area contributed by atoms with Crippen LogP contribution < -0.4 is 17.0 Å². The first-order valence-electron chi connectivity index (χ1n) is 4.96. The number of aliphatic carboxylic acids is 1. The maximum Gasteiger partial charge on any atom is 0.307 e. The number of rotatable bonds is 6. The standard InChI is InChI=1S/C10H19NO4.BrH/c1-5-10(14)15-8(6-9(12)13)7-11(2,3)4;/h8H,5-7H2,1-4H3;1H. The van der Waals surface area contributed by atoms with Crippen molar-refractivity contribution in [3.05, 3.63) is 0 Å². The lowest BCUT2D eigenvalue weighted by Gasteiger charge is -2.28. The molecule has 0 fully saturated rings. The zero-order chi connectivity index (χ0) is 12.1. The van der Waals surface area contributed by atoms with Gasteiger partial charge in [0.05, 0.1) is 27.6 Å². The molecule has 0 aromatic rings. The lowest BCUT2D eigenvalue weighted by Crippen LogP contribution is -3.00. The lowest BCUT2D eigenvalue weighted by atomic mass is 10.2. The molecule has 0 radical (unpaired) electrons. The molecule has 0 amide bonds. The SMILES string of the molecule is CCC(=O)OC(CC(=O)O)C[N+](C)(C)C.[Br-]. The highest BCUT2D eigenvalue weighted by Crippen LogP contribution is 2.06. The fourth-order valence-corrected chi connectivity index (χ4v) is 1.22. The number of ether oxygens (including phenoxy) is 1. The molecule has 0 aromatic carbocycles. The molecule has 0 heterocycles. The predicted octanol–water partition coefficient (Wildman–Crippen LogP) is -2.51. The van der Waals surface area contributed by atoms with Crippen molar-refractivity contribution < 1.29 is 40.9 Å². The van der Waals surface area contributed by atoms with Crippen molar-refractivity contribution in [2.75, 3.05) is 27.7 Å². The number of carboxylic acids is 1. The number of carbonyl (C=O) groups is 2. The summed E-state index contributed by atoms with van der Waals surface area (Å²) in [6.07, 6.45) is -0.413.